The highest BCUT2D eigenvalue weighted by Crippen LogP contribution is 2.15. The van der Waals surface area contributed by atoms with Crippen molar-refractivity contribution in [3.63, 3.8) is 0 Å². The van der Waals surface area contributed by atoms with Gasteiger partial charge in [-0.15, -0.1) is 0 Å². The van der Waals surface area contributed by atoms with Crippen molar-refractivity contribution in [2.24, 2.45) is 0 Å². The summed E-state index contributed by atoms with van der Waals surface area (Å²) in [5.41, 5.74) is 6.37. The van der Waals surface area contributed by atoms with Crippen LogP contribution >= 0.6 is 0 Å². The first-order valence-electron chi connectivity index (χ1n) is 4.67. The van der Waals surface area contributed by atoms with Crippen molar-refractivity contribution in [1.82, 2.24) is 15.3 Å². The van der Waals surface area contributed by atoms with Crippen LogP contribution in [-0.2, 0) is 0 Å². The highest BCUT2D eigenvalue weighted by molar-refractivity contribution is 5.60. The van der Waals surface area contributed by atoms with E-state index in [2.05, 4.69) is 15.3 Å². The monoisotopic (exact) mass is 195 g/mol. The summed E-state index contributed by atoms with van der Waals surface area (Å²) in [6, 6.07) is 0. The lowest BCUT2D eigenvalue weighted by atomic mass is 10.3. The Labute approximate surface area is 84.3 Å². The van der Waals surface area contributed by atoms with Crippen LogP contribution in [0, 0.1) is 0 Å². The Bertz CT molecular complexity index is 276. The summed E-state index contributed by atoms with van der Waals surface area (Å²) in [7, 11) is 3.92. The summed E-state index contributed by atoms with van der Waals surface area (Å²) < 4.78 is 0. The van der Waals surface area contributed by atoms with Gasteiger partial charge in [0.2, 0.25) is 0 Å². The van der Waals surface area contributed by atoms with Crippen LogP contribution in [-0.4, -0.2) is 37.2 Å². The number of hydrogen-bond acceptors (Lipinski definition) is 5. The van der Waals surface area contributed by atoms with Gasteiger partial charge in [0.05, 0.1) is 11.9 Å². The molecule has 0 aliphatic carbocycles. The van der Waals surface area contributed by atoms with Gasteiger partial charge in [-0.2, -0.15) is 0 Å². The fourth-order valence-corrected chi connectivity index (χ4v) is 1.25. The van der Waals surface area contributed by atoms with Gasteiger partial charge in [-0.3, -0.25) is 0 Å². The lowest BCUT2D eigenvalue weighted by Gasteiger charge is -2.18. The maximum atomic E-state index is 5.74. The predicted octanol–water partition coefficient (Wildman–Crippen LogP) is 0.104. The minimum atomic E-state index is 0.624. The summed E-state index contributed by atoms with van der Waals surface area (Å²) in [4.78, 5) is 10.0. The molecule has 1 aromatic rings. The molecule has 0 aromatic carbocycles. The topological polar surface area (TPSA) is 67.1 Å². The zero-order chi connectivity index (χ0) is 10.4. The van der Waals surface area contributed by atoms with Gasteiger partial charge >= 0.3 is 0 Å². The van der Waals surface area contributed by atoms with E-state index >= 15 is 0 Å². The van der Waals surface area contributed by atoms with E-state index in [-0.39, 0.29) is 0 Å². The Kier molecular flexibility index (Phi) is 4.12. The summed E-state index contributed by atoms with van der Waals surface area (Å²) in [6.07, 6.45) is 4.20. The molecule has 78 valence electrons. The fourth-order valence-electron chi connectivity index (χ4n) is 1.25. The van der Waals surface area contributed by atoms with Gasteiger partial charge in [0.15, 0.2) is 5.82 Å². The quantitative estimate of drug-likeness (QED) is 0.652. The molecule has 5 heteroatoms. The molecule has 0 aliphatic heterocycles. The summed E-state index contributed by atoms with van der Waals surface area (Å²) in [5, 5.41) is 3.10. The summed E-state index contributed by atoms with van der Waals surface area (Å²) in [6.45, 7) is 1.93. The van der Waals surface area contributed by atoms with E-state index in [1.807, 2.05) is 19.0 Å². The number of nitrogens with one attached hydrogen (secondary N) is 1. The Morgan fingerprint density at radius 3 is 3.00 bits per heavy atom. The SMILES string of the molecule is CNCCCN(C)c1ncncc1N. The smallest absolute Gasteiger partial charge is 0.154 e. The molecular formula is C9H17N5. The molecule has 0 atom stereocenters. The molecule has 1 aromatic heterocycles. The molecule has 0 amide bonds. The number of nitrogens with two attached hydrogens (primary N) is 1. The van der Waals surface area contributed by atoms with Crippen molar-refractivity contribution in [3.05, 3.63) is 12.5 Å². The lowest BCUT2D eigenvalue weighted by Crippen LogP contribution is -2.24. The number of rotatable bonds is 5. The van der Waals surface area contributed by atoms with Gasteiger partial charge in [-0.05, 0) is 20.0 Å². The van der Waals surface area contributed by atoms with E-state index in [9.17, 15) is 0 Å². The van der Waals surface area contributed by atoms with Gasteiger partial charge in [0.25, 0.3) is 0 Å². The first-order chi connectivity index (χ1) is 6.75. The Morgan fingerprint density at radius 1 is 1.57 bits per heavy atom. The average Bonchev–Trinajstić information content (AvgIpc) is 2.18. The first kappa shape index (κ1) is 10.7. The third kappa shape index (κ3) is 2.85. The number of aromatic nitrogens is 2. The van der Waals surface area contributed by atoms with E-state index in [4.69, 9.17) is 5.73 Å². The second-order valence-electron chi connectivity index (χ2n) is 3.18. The molecule has 0 radical (unpaired) electrons. The number of anilines is 2. The molecule has 0 saturated heterocycles. The van der Waals surface area contributed by atoms with Crippen LogP contribution in [0.2, 0.25) is 0 Å². The van der Waals surface area contributed by atoms with Crippen molar-refractivity contribution in [2.45, 2.75) is 6.42 Å². The lowest BCUT2D eigenvalue weighted by molar-refractivity contribution is 0.709. The number of nitrogens with zero attached hydrogens (tertiary/aromatic N) is 3. The Hall–Kier alpha value is -1.36. The number of nitrogen functional groups attached to an aromatic ring is 1. The third-order valence-electron chi connectivity index (χ3n) is 2.00. The van der Waals surface area contributed by atoms with Crippen LogP contribution in [0.1, 0.15) is 6.42 Å². The second-order valence-corrected chi connectivity index (χ2v) is 3.18. The van der Waals surface area contributed by atoms with E-state index in [1.165, 1.54) is 6.33 Å². The molecule has 0 fully saturated rings. The maximum Gasteiger partial charge on any atom is 0.154 e. The number of hydrogen-bond donors (Lipinski definition) is 2. The average molecular weight is 195 g/mol. The largest absolute Gasteiger partial charge is 0.394 e. The minimum absolute atomic E-state index is 0.624. The molecule has 0 bridgehead atoms. The third-order valence-corrected chi connectivity index (χ3v) is 2.00. The fraction of sp³-hybridized carbons (Fsp3) is 0.556. The van der Waals surface area contributed by atoms with Crippen LogP contribution < -0.4 is 16.0 Å². The van der Waals surface area contributed by atoms with Gasteiger partial charge in [-0.25, -0.2) is 9.97 Å². The molecule has 3 N–H and O–H groups in total. The Balaban J connectivity index is 2.51. The molecule has 14 heavy (non-hydrogen) atoms. The van der Waals surface area contributed by atoms with Crippen LogP contribution in [0.4, 0.5) is 11.5 Å². The van der Waals surface area contributed by atoms with Crippen LogP contribution in [0.25, 0.3) is 0 Å². The second kappa shape index (κ2) is 5.39. The van der Waals surface area contributed by atoms with Gasteiger partial charge < -0.3 is 16.0 Å². The standard InChI is InChI=1S/C9H17N5/c1-11-4-3-5-14(2)9-8(10)6-12-7-13-9/h6-7,11H,3-5,10H2,1-2H3. The highest BCUT2D eigenvalue weighted by atomic mass is 15.2. The van der Waals surface area contributed by atoms with Crippen molar-refractivity contribution in [1.29, 1.82) is 0 Å². The Morgan fingerprint density at radius 2 is 2.36 bits per heavy atom. The summed E-state index contributed by atoms with van der Waals surface area (Å²) in [5.74, 6) is 0.802. The van der Waals surface area contributed by atoms with Gasteiger partial charge in [0.1, 0.15) is 6.33 Å². The first-order valence-corrected chi connectivity index (χ1v) is 4.67. The molecule has 0 saturated carbocycles. The van der Waals surface area contributed by atoms with E-state index in [1.54, 1.807) is 6.20 Å². The zero-order valence-corrected chi connectivity index (χ0v) is 8.70. The molecule has 1 heterocycles. The predicted molar refractivity (Wildman–Crippen MR) is 58.3 cm³/mol. The zero-order valence-electron chi connectivity index (χ0n) is 8.70. The highest BCUT2D eigenvalue weighted by Gasteiger charge is 2.05. The molecule has 0 aliphatic rings. The van der Waals surface area contributed by atoms with Crippen LogP contribution in [0.15, 0.2) is 12.5 Å². The van der Waals surface area contributed by atoms with E-state index < -0.39 is 0 Å². The normalized spacial score (nSPS) is 10.1. The van der Waals surface area contributed by atoms with Crippen molar-refractivity contribution in [2.75, 3.05) is 37.8 Å². The van der Waals surface area contributed by atoms with Gasteiger partial charge in [-0.1, -0.05) is 0 Å². The summed E-state index contributed by atoms with van der Waals surface area (Å²) >= 11 is 0. The van der Waals surface area contributed by atoms with Crippen molar-refractivity contribution in [3.8, 4) is 0 Å². The molecule has 0 spiro atoms. The van der Waals surface area contributed by atoms with Gasteiger partial charge in [0, 0.05) is 13.6 Å². The molecule has 5 nitrogen and oxygen atoms in total. The minimum Gasteiger partial charge on any atom is -0.394 e. The van der Waals surface area contributed by atoms with Crippen molar-refractivity contribution < 1.29 is 0 Å². The van der Waals surface area contributed by atoms with Crippen molar-refractivity contribution >= 4 is 11.5 Å². The van der Waals surface area contributed by atoms with E-state index in [0.29, 0.717) is 5.69 Å². The van der Waals surface area contributed by atoms with Crippen LogP contribution in [0.3, 0.4) is 0 Å². The van der Waals surface area contributed by atoms with E-state index in [0.717, 1.165) is 25.3 Å². The molecular weight excluding hydrogens is 178 g/mol. The van der Waals surface area contributed by atoms with Crippen LogP contribution in [0.5, 0.6) is 0 Å². The maximum absolute atomic E-state index is 5.74. The molecule has 1 rings (SSSR count). The molecule has 0 unspecified atom stereocenters.